The lowest BCUT2D eigenvalue weighted by Gasteiger charge is -2.27. The van der Waals surface area contributed by atoms with Crippen LogP contribution in [-0.4, -0.2) is 50.5 Å². The van der Waals surface area contributed by atoms with Crippen molar-refractivity contribution in [2.75, 3.05) is 39.0 Å². The lowest BCUT2D eigenvalue weighted by Crippen LogP contribution is -2.41. The van der Waals surface area contributed by atoms with Crippen LogP contribution in [0.2, 0.25) is 0 Å². The second-order valence-electron chi connectivity index (χ2n) is 7.67. The zero-order valence-corrected chi connectivity index (χ0v) is 17.8. The Kier molecular flexibility index (Phi) is 7.41. The number of hydrogen-bond acceptors (Lipinski definition) is 3. The maximum atomic E-state index is 13.7. The van der Waals surface area contributed by atoms with Crippen molar-refractivity contribution in [3.05, 3.63) is 65.5 Å². The van der Waals surface area contributed by atoms with Crippen molar-refractivity contribution in [2.24, 2.45) is 4.99 Å². The molecule has 2 aromatic rings. The van der Waals surface area contributed by atoms with E-state index in [2.05, 4.69) is 22.0 Å². The van der Waals surface area contributed by atoms with Crippen molar-refractivity contribution in [1.29, 1.82) is 0 Å². The molecule has 6 nitrogen and oxygen atoms in total. The molecular formula is C23H30FN5O. The molecule has 0 radical (unpaired) electrons. The number of likely N-dealkylation sites (N-methyl/N-ethyl adjacent to an activating group) is 1. The van der Waals surface area contributed by atoms with Crippen LogP contribution in [0.25, 0.3) is 0 Å². The summed E-state index contributed by atoms with van der Waals surface area (Å²) in [6.45, 7) is 3.81. The largest absolute Gasteiger partial charge is 0.357 e. The van der Waals surface area contributed by atoms with Crippen LogP contribution in [0, 0.1) is 5.82 Å². The molecule has 2 aromatic carbocycles. The Labute approximate surface area is 177 Å². The number of benzene rings is 2. The van der Waals surface area contributed by atoms with Gasteiger partial charge >= 0.3 is 0 Å². The Balaban J connectivity index is 1.71. The van der Waals surface area contributed by atoms with Gasteiger partial charge in [-0.25, -0.2) is 4.39 Å². The first-order valence-electron chi connectivity index (χ1n) is 10.3. The monoisotopic (exact) mass is 411 g/mol. The molecule has 1 aliphatic rings. The molecule has 2 atom stereocenters. The minimum Gasteiger partial charge on any atom is -0.357 e. The zero-order valence-electron chi connectivity index (χ0n) is 17.8. The molecule has 0 saturated heterocycles. The van der Waals surface area contributed by atoms with E-state index < -0.39 is 0 Å². The van der Waals surface area contributed by atoms with E-state index in [0.717, 1.165) is 23.4 Å². The minimum atomic E-state index is -0.248. The number of aliphatic imine (C=N–C) groups is 1. The van der Waals surface area contributed by atoms with Gasteiger partial charge in [0, 0.05) is 31.1 Å². The van der Waals surface area contributed by atoms with Crippen LogP contribution in [0.15, 0.2) is 53.5 Å². The van der Waals surface area contributed by atoms with Gasteiger partial charge in [0.15, 0.2) is 5.96 Å². The Bertz CT molecular complexity index is 899. The number of nitrogens with one attached hydrogen (secondary N) is 3. The molecule has 0 bridgehead atoms. The Morgan fingerprint density at radius 1 is 1.23 bits per heavy atom. The van der Waals surface area contributed by atoms with Gasteiger partial charge in [-0.05, 0) is 50.3 Å². The quantitative estimate of drug-likeness (QED) is 0.484. The highest BCUT2D eigenvalue weighted by molar-refractivity contribution is 5.94. The molecule has 0 aromatic heterocycles. The summed E-state index contributed by atoms with van der Waals surface area (Å²) >= 11 is 0. The summed E-state index contributed by atoms with van der Waals surface area (Å²) in [4.78, 5) is 18.8. The number of fused-ring (bicyclic) bond motifs is 1. The zero-order chi connectivity index (χ0) is 21.5. The number of nitrogens with zero attached hydrogens (tertiary/aromatic N) is 2. The van der Waals surface area contributed by atoms with Gasteiger partial charge in [0.2, 0.25) is 5.91 Å². The number of amides is 1. The van der Waals surface area contributed by atoms with Crippen LogP contribution in [0.1, 0.15) is 36.4 Å². The molecule has 0 spiro atoms. The maximum absolute atomic E-state index is 13.7. The summed E-state index contributed by atoms with van der Waals surface area (Å²) in [6.07, 6.45) is 0.438. The van der Waals surface area contributed by atoms with Gasteiger partial charge in [0.1, 0.15) is 5.82 Å². The average Bonchev–Trinajstić information content (AvgIpc) is 2.71. The van der Waals surface area contributed by atoms with Gasteiger partial charge in [-0.2, -0.15) is 0 Å². The van der Waals surface area contributed by atoms with E-state index in [9.17, 15) is 9.18 Å². The molecule has 1 aliphatic heterocycles. The second-order valence-corrected chi connectivity index (χ2v) is 7.67. The minimum absolute atomic E-state index is 0.0289. The first kappa shape index (κ1) is 21.8. The van der Waals surface area contributed by atoms with Crippen LogP contribution in [0.3, 0.4) is 0 Å². The van der Waals surface area contributed by atoms with E-state index >= 15 is 0 Å². The van der Waals surface area contributed by atoms with Crippen molar-refractivity contribution in [2.45, 2.75) is 25.3 Å². The van der Waals surface area contributed by atoms with Crippen LogP contribution in [0.5, 0.6) is 0 Å². The van der Waals surface area contributed by atoms with E-state index in [4.69, 9.17) is 4.99 Å². The molecule has 0 fully saturated rings. The van der Waals surface area contributed by atoms with Gasteiger partial charge < -0.3 is 20.9 Å². The molecule has 1 amide bonds. The molecule has 3 rings (SSSR count). The molecule has 0 saturated carbocycles. The van der Waals surface area contributed by atoms with E-state index in [1.807, 2.05) is 50.2 Å². The van der Waals surface area contributed by atoms with Gasteiger partial charge in [-0.1, -0.05) is 30.3 Å². The van der Waals surface area contributed by atoms with Crippen molar-refractivity contribution < 1.29 is 9.18 Å². The maximum Gasteiger partial charge on any atom is 0.225 e. The molecule has 7 heteroatoms. The van der Waals surface area contributed by atoms with Crippen LogP contribution in [-0.2, 0) is 4.79 Å². The number of anilines is 1. The predicted molar refractivity (Wildman–Crippen MR) is 119 cm³/mol. The number of carbonyl (C=O) groups excluding carboxylic acids is 1. The number of para-hydroxylation sites is 1. The normalized spacial score (nSPS) is 17.3. The summed E-state index contributed by atoms with van der Waals surface area (Å²) < 4.78 is 13.7. The Morgan fingerprint density at radius 3 is 2.77 bits per heavy atom. The van der Waals surface area contributed by atoms with Crippen LogP contribution in [0.4, 0.5) is 10.1 Å². The van der Waals surface area contributed by atoms with E-state index in [1.54, 1.807) is 12.1 Å². The molecule has 0 aliphatic carbocycles. The van der Waals surface area contributed by atoms with Crippen molar-refractivity contribution in [1.82, 2.24) is 15.5 Å². The third-order valence-electron chi connectivity index (χ3n) is 5.25. The summed E-state index contributed by atoms with van der Waals surface area (Å²) in [5.41, 5.74) is 2.89. The first-order chi connectivity index (χ1) is 14.5. The van der Waals surface area contributed by atoms with Crippen molar-refractivity contribution in [3.8, 4) is 0 Å². The van der Waals surface area contributed by atoms with Crippen molar-refractivity contribution >= 4 is 17.6 Å². The summed E-state index contributed by atoms with van der Waals surface area (Å²) in [7, 11) is 3.92. The van der Waals surface area contributed by atoms with E-state index in [-0.39, 0.29) is 23.7 Å². The molecule has 2 unspecified atom stereocenters. The lowest BCUT2D eigenvalue weighted by atomic mass is 9.90. The van der Waals surface area contributed by atoms with Gasteiger partial charge in [0.05, 0.1) is 12.6 Å². The third kappa shape index (κ3) is 5.57. The van der Waals surface area contributed by atoms with Crippen molar-refractivity contribution in [3.63, 3.8) is 0 Å². The summed E-state index contributed by atoms with van der Waals surface area (Å²) in [5, 5.41) is 9.56. The molecule has 30 heavy (non-hydrogen) atoms. The van der Waals surface area contributed by atoms with E-state index in [1.165, 1.54) is 6.07 Å². The fourth-order valence-corrected chi connectivity index (χ4v) is 3.70. The second kappa shape index (κ2) is 10.2. The number of rotatable bonds is 7. The lowest BCUT2D eigenvalue weighted by molar-refractivity contribution is -0.116. The summed E-state index contributed by atoms with van der Waals surface area (Å²) in [6, 6.07) is 14.5. The van der Waals surface area contributed by atoms with Crippen LogP contribution < -0.4 is 16.0 Å². The standard InChI is InChI=1S/C23H30FN5O/c1-4-25-23(27-15-21(29(2)3)16-8-7-9-18(24)12-16)26-14-17-13-22(30)28-20-11-6-5-10-19(17)20/h5-12,17,21H,4,13-15H2,1-3H3,(H,28,30)(H2,25,26,27). The number of guanidine groups is 1. The smallest absolute Gasteiger partial charge is 0.225 e. The number of halogens is 1. The van der Waals surface area contributed by atoms with Gasteiger partial charge in [-0.15, -0.1) is 0 Å². The highest BCUT2D eigenvalue weighted by atomic mass is 19.1. The predicted octanol–water partition coefficient (Wildman–Crippen LogP) is 3.11. The molecule has 3 N–H and O–H groups in total. The number of carbonyl (C=O) groups is 1. The first-order valence-corrected chi connectivity index (χ1v) is 10.3. The third-order valence-corrected chi connectivity index (χ3v) is 5.25. The molecular weight excluding hydrogens is 381 g/mol. The number of hydrogen-bond donors (Lipinski definition) is 3. The van der Waals surface area contributed by atoms with Gasteiger partial charge in [0.25, 0.3) is 0 Å². The highest BCUT2D eigenvalue weighted by Gasteiger charge is 2.24. The van der Waals surface area contributed by atoms with E-state index in [0.29, 0.717) is 25.5 Å². The Hall–Kier alpha value is -2.93. The fraction of sp³-hybridized carbons (Fsp3) is 0.391. The summed E-state index contributed by atoms with van der Waals surface area (Å²) in [5.74, 6) is 0.541. The molecule has 160 valence electrons. The average molecular weight is 412 g/mol. The SMILES string of the molecule is CCNC(=NCC(c1cccc(F)c1)N(C)C)NCC1CC(=O)Nc2ccccc21. The topological polar surface area (TPSA) is 68.8 Å². The van der Waals surface area contributed by atoms with Crippen LogP contribution >= 0.6 is 0 Å². The highest BCUT2D eigenvalue weighted by Crippen LogP contribution is 2.31. The fourth-order valence-electron chi connectivity index (χ4n) is 3.70. The molecule has 1 heterocycles. The van der Waals surface area contributed by atoms with Gasteiger partial charge in [-0.3, -0.25) is 9.79 Å². The Morgan fingerprint density at radius 2 is 2.03 bits per heavy atom.